The number of nitrogens with zero attached hydrogens (tertiary/aromatic N) is 1. The van der Waals surface area contributed by atoms with E-state index in [2.05, 4.69) is 10.1 Å². The molecule has 2 atom stereocenters. The third-order valence-corrected chi connectivity index (χ3v) is 6.45. The second-order valence-corrected chi connectivity index (χ2v) is 7.48. The van der Waals surface area contributed by atoms with E-state index >= 15 is 0 Å². The molecule has 0 aromatic rings. The van der Waals surface area contributed by atoms with Gasteiger partial charge >= 0.3 is 7.52 Å². The van der Waals surface area contributed by atoms with Crippen LogP contribution in [-0.4, -0.2) is 36.4 Å². The van der Waals surface area contributed by atoms with Gasteiger partial charge < -0.3 is 4.52 Å². The highest BCUT2D eigenvalue weighted by Crippen LogP contribution is 2.64. The summed E-state index contributed by atoms with van der Waals surface area (Å²) in [7, 11) is -3.05. The monoisotopic (exact) mass is 310 g/mol. The Balaban J connectivity index is 2.34. The van der Waals surface area contributed by atoms with Gasteiger partial charge in [-0.2, -0.15) is 0 Å². The molecule has 0 amide bonds. The van der Waals surface area contributed by atoms with E-state index in [1.165, 1.54) is 0 Å². The summed E-state index contributed by atoms with van der Waals surface area (Å²) in [5.41, 5.74) is 0.955. The number of halogens is 2. The van der Waals surface area contributed by atoms with Crippen LogP contribution in [0.1, 0.15) is 19.3 Å². The van der Waals surface area contributed by atoms with Crippen molar-refractivity contribution in [3.8, 4) is 0 Å². The van der Waals surface area contributed by atoms with Gasteiger partial charge in [-0.3, -0.25) is 9.56 Å². The molecule has 1 fully saturated rings. The molecule has 0 bridgehead atoms. The fourth-order valence-corrected chi connectivity index (χ4v) is 5.60. The van der Waals surface area contributed by atoms with Crippen LogP contribution in [0, 0.1) is 0 Å². The molecule has 18 heavy (non-hydrogen) atoms. The van der Waals surface area contributed by atoms with Gasteiger partial charge in [0.15, 0.2) is 5.28 Å². The van der Waals surface area contributed by atoms with Gasteiger partial charge in [0.1, 0.15) is 0 Å². The number of alkyl halides is 2. The topological polar surface area (TPSA) is 50.7 Å². The van der Waals surface area contributed by atoms with E-state index in [1.807, 2.05) is 6.08 Å². The molecule has 2 unspecified atom stereocenters. The lowest BCUT2D eigenvalue weighted by molar-refractivity contribution is 0.260. The van der Waals surface area contributed by atoms with Gasteiger partial charge in [0.25, 0.3) is 0 Å². The van der Waals surface area contributed by atoms with Crippen molar-refractivity contribution in [2.45, 2.75) is 24.5 Å². The quantitative estimate of drug-likeness (QED) is 0.627. The molecule has 2 heterocycles. The average molecular weight is 311 g/mol. The summed E-state index contributed by atoms with van der Waals surface area (Å²) >= 11 is 11.7. The average Bonchev–Trinajstić information content (AvgIpc) is 2.76. The zero-order valence-corrected chi connectivity index (χ0v) is 12.5. The minimum absolute atomic E-state index is 0.381. The van der Waals surface area contributed by atoms with Crippen LogP contribution < -0.4 is 5.09 Å². The van der Waals surface area contributed by atoms with Gasteiger partial charge in [0.05, 0.1) is 6.61 Å². The van der Waals surface area contributed by atoms with Crippen LogP contribution in [0.3, 0.4) is 0 Å². The Morgan fingerprint density at radius 1 is 1.50 bits per heavy atom. The summed E-state index contributed by atoms with van der Waals surface area (Å²) in [4.78, 5) is 4.44. The predicted octanol–water partition coefficient (Wildman–Crippen LogP) is 3.15. The van der Waals surface area contributed by atoms with E-state index < -0.39 is 12.8 Å². The standard InChI is InChI=1S/C11H17Cl2N2O2P/c12-5-2-10-3-8-14-11(10,4-6-13)18(16)15-7-1-9-17-18/h3,8H,1-2,4-7,9H2,(H,15,16). The van der Waals surface area contributed by atoms with E-state index in [0.717, 1.165) is 12.0 Å². The fourth-order valence-electron chi connectivity index (χ4n) is 2.40. The largest absolute Gasteiger partial charge is 0.316 e. The SMILES string of the molecule is O=P1(C2(CCCl)N=CC=C2CCCl)NCCCO1. The Bertz CT molecular complexity index is 404. The summed E-state index contributed by atoms with van der Waals surface area (Å²) in [6, 6.07) is 0. The maximum absolute atomic E-state index is 13.0. The molecule has 0 aromatic carbocycles. The lowest BCUT2D eigenvalue weighted by atomic mass is 10.0. The lowest BCUT2D eigenvalue weighted by Gasteiger charge is -2.38. The zero-order chi connectivity index (χ0) is 13.1. The molecular weight excluding hydrogens is 294 g/mol. The predicted molar refractivity (Wildman–Crippen MR) is 76.2 cm³/mol. The highest BCUT2D eigenvalue weighted by Gasteiger charge is 2.53. The number of hydrogen-bond acceptors (Lipinski definition) is 3. The van der Waals surface area contributed by atoms with Gasteiger partial charge in [-0.1, -0.05) is 0 Å². The molecule has 4 nitrogen and oxygen atoms in total. The first-order chi connectivity index (χ1) is 8.68. The molecule has 0 spiro atoms. The van der Waals surface area contributed by atoms with Crippen LogP contribution in [0.5, 0.6) is 0 Å². The van der Waals surface area contributed by atoms with E-state index in [9.17, 15) is 4.57 Å². The summed E-state index contributed by atoms with van der Waals surface area (Å²) in [6.45, 7) is 1.18. The van der Waals surface area contributed by atoms with Crippen molar-refractivity contribution in [1.29, 1.82) is 0 Å². The second-order valence-electron chi connectivity index (χ2n) is 4.31. The number of allylic oxidation sites excluding steroid dienone is 1. The second kappa shape index (κ2) is 6.06. The van der Waals surface area contributed by atoms with Crippen molar-refractivity contribution in [1.82, 2.24) is 5.09 Å². The van der Waals surface area contributed by atoms with Crippen molar-refractivity contribution >= 4 is 36.9 Å². The summed E-state index contributed by atoms with van der Waals surface area (Å²) in [6.07, 6.45) is 5.58. The van der Waals surface area contributed by atoms with E-state index in [0.29, 0.717) is 37.8 Å². The number of nitrogens with one attached hydrogen (secondary N) is 1. The first kappa shape index (κ1) is 14.5. The number of aliphatic imine (C=N–C) groups is 1. The molecule has 2 aliphatic rings. The van der Waals surface area contributed by atoms with Crippen LogP contribution in [0.15, 0.2) is 16.6 Å². The fraction of sp³-hybridized carbons (Fsp3) is 0.727. The molecule has 102 valence electrons. The summed E-state index contributed by atoms with van der Waals surface area (Å²) in [5.74, 6) is 0.852. The minimum atomic E-state index is -3.05. The highest BCUT2D eigenvalue weighted by atomic mass is 35.5. The molecule has 1 N–H and O–H groups in total. The Kier molecular flexibility index (Phi) is 4.90. The van der Waals surface area contributed by atoms with Gasteiger partial charge in [0.2, 0.25) is 0 Å². The molecule has 1 saturated heterocycles. The maximum atomic E-state index is 13.0. The van der Waals surface area contributed by atoms with Gasteiger partial charge in [-0.25, -0.2) is 5.09 Å². The first-order valence-corrected chi connectivity index (χ1v) is 8.74. The van der Waals surface area contributed by atoms with E-state index in [4.69, 9.17) is 27.7 Å². The van der Waals surface area contributed by atoms with E-state index in [1.54, 1.807) is 6.21 Å². The summed E-state index contributed by atoms with van der Waals surface area (Å²) in [5, 5.41) is 2.19. The number of hydrogen-bond donors (Lipinski definition) is 1. The third-order valence-electron chi connectivity index (χ3n) is 3.29. The van der Waals surface area contributed by atoms with Gasteiger partial charge in [0, 0.05) is 30.9 Å². The lowest BCUT2D eigenvalue weighted by Crippen LogP contribution is -2.38. The molecule has 2 aliphatic heterocycles. The molecule has 0 aromatic heterocycles. The van der Waals surface area contributed by atoms with Gasteiger partial charge in [-0.15, -0.1) is 23.2 Å². The maximum Gasteiger partial charge on any atom is 0.301 e. The minimum Gasteiger partial charge on any atom is -0.316 e. The van der Waals surface area contributed by atoms with Crippen molar-refractivity contribution < 1.29 is 9.09 Å². The molecule has 0 aliphatic carbocycles. The Labute approximate surface area is 117 Å². The Morgan fingerprint density at radius 2 is 2.33 bits per heavy atom. The first-order valence-electron chi connectivity index (χ1n) is 6.05. The highest BCUT2D eigenvalue weighted by molar-refractivity contribution is 7.59. The van der Waals surface area contributed by atoms with Gasteiger partial charge in [-0.05, 0) is 24.5 Å². The van der Waals surface area contributed by atoms with Crippen LogP contribution >= 0.6 is 30.7 Å². The van der Waals surface area contributed by atoms with Crippen molar-refractivity contribution in [3.63, 3.8) is 0 Å². The summed E-state index contributed by atoms with van der Waals surface area (Å²) < 4.78 is 18.6. The smallest absolute Gasteiger partial charge is 0.301 e. The van der Waals surface area contributed by atoms with Crippen molar-refractivity contribution in [2.24, 2.45) is 4.99 Å². The van der Waals surface area contributed by atoms with Crippen molar-refractivity contribution in [2.75, 3.05) is 24.9 Å². The molecule has 0 radical (unpaired) electrons. The number of rotatable bonds is 5. The van der Waals surface area contributed by atoms with Crippen LogP contribution in [0.25, 0.3) is 0 Å². The molecule has 7 heteroatoms. The van der Waals surface area contributed by atoms with E-state index in [-0.39, 0.29) is 0 Å². The Hall–Kier alpha value is 0.140. The molecule has 2 rings (SSSR count). The zero-order valence-electron chi connectivity index (χ0n) is 10.1. The third kappa shape index (κ3) is 2.41. The molecular formula is C11H17Cl2N2O2P. The van der Waals surface area contributed by atoms with Crippen LogP contribution in [0.2, 0.25) is 0 Å². The van der Waals surface area contributed by atoms with Crippen LogP contribution in [0.4, 0.5) is 0 Å². The van der Waals surface area contributed by atoms with Crippen molar-refractivity contribution in [3.05, 3.63) is 11.6 Å². The Morgan fingerprint density at radius 3 is 2.94 bits per heavy atom. The molecule has 0 saturated carbocycles. The normalized spacial score (nSPS) is 35.8. The van der Waals surface area contributed by atoms with Crippen LogP contribution in [-0.2, 0) is 9.09 Å².